The van der Waals surface area contributed by atoms with Crippen molar-refractivity contribution in [2.75, 3.05) is 14.2 Å². The number of non-ortho nitro benzene ring substituents is 1. The molecule has 1 aliphatic carbocycles. The van der Waals surface area contributed by atoms with Crippen molar-refractivity contribution in [3.05, 3.63) is 67.7 Å². The minimum atomic E-state index is -1.32. The van der Waals surface area contributed by atoms with Crippen molar-refractivity contribution in [1.82, 2.24) is 0 Å². The second-order valence-electron chi connectivity index (χ2n) is 8.82. The Balaban J connectivity index is 1.71. The first kappa shape index (κ1) is 25.5. The second-order valence-corrected chi connectivity index (χ2v) is 9.19. The van der Waals surface area contributed by atoms with Crippen LogP contribution in [0.5, 0.6) is 17.2 Å². The minimum Gasteiger partial charge on any atom is -0.496 e. The van der Waals surface area contributed by atoms with Crippen LogP contribution in [-0.2, 0) is 4.74 Å². The van der Waals surface area contributed by atoms with Crippen LogP contribution in [0.4, 0.5) is 5.69 Å². The second kappa shape index (κ2) is 9.46. The van der Waals surface area contributed by atoms with Gasteiger partial charge >= 0.3 is 5.97 Å². The molecule has 10 heteroatoms. The molecule has 36 heavy (non-hydrogen) atoms. The molecule has 0 fully saturated rings. The van der Waals surface area contributed by atoms with E-state index in [1.165, 1.54) is 38.5 Å². The van der Waals surface area contributed by atoms with E-state index in [1.807, 2.05) is 20.8 Å². The van der Waals surface area contributed by atoms with E-state index in [4.69, 9.17) is 30.5 Å². The Morgan fingerprint density at radius 2 is 1.86 bits per heavy atom. The Labute approximate surface area is 213 Å². The molecule has 0 amide bonds. The lowest BCUT2D eigenvalue weighted by Crippen LogP contribution is -2.53. The molecule has 0 radical (unpaired) electrons. The molecule has 1 spiro atoms. The highest BCUT2D eigenvalue weighted by Gasteiger charge is 2.59. The van der Waals surface area contributed by atoms with Gasteiger partial charge in [0.15, 0.2) is 11.4 Å². The molecule has 1 heterocycles. The summed E-state index contributed by atoms with van der Waals surface area (Å²) in [6, 6.07) is 6.78. The smallest absolute Gasteiger partial charge is 0.338 e. The van der Waals surface area contributed by atoms with E-state index in [1.54, 1.807) is 6.07 Å². The highest BCUT2D eigenvalue weighted by atomic mass is 35.5. The summed E-state index contributed by atoms with van der Waals surface area (Å²) in [4.78, 5) is 37.2. The van der Waals surface area contributed by atoms with E-state index in [0.29, 0.717) is 35.5 Å². The summed E-state index contributed by atoms with van der Waals surface area (Å²) in [7, 11) is 2.93. The summed E-state index contributed by atoms with van der Waals surface area (Å²) in [5.41, 5.74) is 0.445. The predicted octanol–water partition coefficient (Wildman–Crippen LogP) is 5.57. The van der Waals surface area contributed by atoms with Crippen molar-refractivity contribution in [3.63, 3.8) is 0 Å². The van der Waals surface area contributed by atoms with Crippen LogP contribution in [0.15, 0.2) is 41.5 Å². The fourth-order valence-electron chi connectivity index (χ4n) is 5.17. The topological polar surface area (TPSA) is 114 Å². The lowest BCUT2D eigenvalue weighted by atomic mass is 9.68. The number of esters is 1. The van der Waals surface area contributed by atoms with Crippen molar-refractivity contribution >= 4 is 29.0 Å². The number of benzene rings is 2. The van der Waals surface area contributed by atoms with Crippen LogP contribution in [0.25, 0.3) is 0 Å². The van der Waals surface area contributed by atoms with Gasteiger partial charge in [-0.3, -0.25) is 14.9 Å². The normalized spacial score (nSPS) is 22.8. The monoisotopic (exact) mass is 515 g/mol. The number of nitrogens with zero attached hydrogens (tertiary/aromatic N) is 1. The number of carbonyl (C=O) groups excluding carboxylic acids is 2. The molecule has 0 saturated carbocycles. The average Bonchev–Trinajstić information content (AvgIpc) is 3.17. The SMILES string of the molecule is CCC1=C(C)[C@H](OC(=O)c2ccc([N+](=O)[O-])cc2)C[C@@H](C)[C@]12Oc1c(Cl)c(OC)cc(OC)c1C2=O. The highest BCUT2D eigenvalue weighted by Crippen LogP contribution is 2.56. The molecule has 1 aliphatic heterocycles. The quantitative estimate of drug-likeness (QED) is 0.212. The predicted molar refractivity (Wildman–Crippen MR) is 131 cm³/mol. The first-order valence-corrected chi connectivity index (χ1v) is 11.8. The van der Waals surface area contributed by atoms with Crippen LogP contribution in [0.3, 0.4) is 0 Å². The van der Waals surface area contributed by atoms with E-state index < -0.39 is 22.6 Å². The van der Waals surface area contributed by atoms with Crippen molar-refractivity contribution < 1.29 is 33.5 Å². The van der Waals surface area contributed by atoms with Gasteiger partial charge in [0.05, 0.1) is 24.7 Å². The molecule has 2 aromatic carbocycles. The van der Waals surface area contributed by atoms with Crippen LogP contribution in [-0.4, -0.2) is 42.6 Å². The van der Waals surface area contributed by atoms with Crippen molar-refractivity contribution in [2.45, 2.75) is 45.3 Å². The summed E-state index contributed by atoms with van der Waals surface area (Å²) in [6.45, 7) is 5.60. The number of halogens is 1. The third-order valence-corrected chi connectivity index (χ3v) is 7.36. The number of methoxy groups -OCH3 is 2. The van der Waals surface area contributed by atoms with E-state index >= 15 is 0 Å². The first-order chi connectivity index (χ1) is 17.1. The lowest BCUT2D eigenvalue weighted by molar-refractivity contribution is -0.384. The van der Waals surface area contributed by atoms with Gasteiger partial charge in [0.25, 0.3) is 5.69 Å². The highest BCUT2D eigenvalue weighted by molar-refractivity contribution is 6.35. The van der Waals surface area contributed by atoms with Crippen LogP contribution in [0.2, 0.25) is 5.02 Å². The van der Waals surface area contributed by atoms with Gasteiger partial charge in [0.2, 0.25) is 5.78 Å². The number of fused-ring (bicyclic) bond motifs is 1. The number of ether oxygens (including phenoxy) is 4. The van der Waals surface area contributed by atoms with E-state index in [2.05, 4.69) is 0 Å². The first-order valence-electron chi connectivity index (χ1n) is 11.4. The molecule has 9 nitrogen and oxygen atoms in total. The molecule has 4 rings (SSSR count). The number of hydrogen-bond acceptors (Lipinski definition) is 8. The van der Waals surface area contributed by atoms with Crippen molar-refractivity contribution in [1.29, 1.82) is 0 Å². The number of rotatable bonds is 6. The number of nitro benzene ring substituents is 1. The Kier molecular flexibility index (Phi) is 6.70. The van der Waals surface area contributed by atoms with E-state index in [0.717, 1.165) is 0 Å². The van der Waals surface area contributed by atoms with Gasteiger partial charge in [-0.1, -0.05) is 25.4 Å². The molecule has 0 aromatic heterocycles. The van der Waals surface area contributed by atoms with Gasteiger partial charge < -0.3 is 18.9 Å². The lowest BCUT2D eigenvalue weighted by Gasteiger charge is -2.43. The standard InChI is InChI=1S/C26H26ClNO8/c1-6-17-14(3)18(35-25(30)15-7-9-16(10-8-15)28(31)32)11-13(2)26(17)24(29)21-19(33-4)12-20(34-5)22(27)23(21)36-26/h7-10,12-13,18H,6,11H2,1-5H3/t13-,18-,26+/m1/s1. The van der Waals surface area contributed by atoms with E-state index in [-0.39, 0.29) is 39.3 Å². The van der Waals surface area contributed by atoms with Gasteiger partial charge in [0.1, 0.15) is 28.2 Å². The average molecular weight is 516 g/mol. The fourth-order valence-corrected chi connectivity index (χ4v) is 5.43. The molecule has 0 saturated heterocycles. The fraction of sp³-hybridized carbons (Fsp3) is 0.385. The van der Waals surface area contributed by atoms with Crippen molar-refractivity contribution in [3.8, 4) is 17.2 Å². The van der Waals surface area contributed by atoms with Crippen LogP contribution in [0.1, 0.15) is 54.3 Å². The Morgan fingerprint density at radius 1 is 1.22 bits per heavy atom. The van der Waals surface area contributed by atoms with Gasteiger partial charge in [-0.15, -0.1) is 0 Å². The zero-order valence-electron chi connectivity index (χ0n) is 20.5. The summed E-state index contributed by atoms with van der Waals surface area (Å²) >= 11 is 6.54. The molecule has 2 aliphatic rings. The molecule has 0 unspecified atom stereocenters. The number of Topliss-reactive ketones (excluding diaryl/α,β-unsaturated/α-hetero) is 1. The van der Waals surface area contributed by atoms with Gasteiger partial charge in [0, 0.05) is 24.1 Å². The summed E-state index contributed by atoms with van der Waals surface area (Å²) in [5, 5.41) is 11.1. The van der Waals surface area contributed by atoms with Crippen LogP contribution in [0, 0.1) is 16.0 Å². The Hall–Kier alpha value is -3.59. The van der Waals surface area contributed by atoms with Crippen molar-refractivity contribution in [2.24, 2.45) is 5.92 Å². The molecular formula is C26H26ClNO8. The zero-order valence-corrected chi connectivity index (χ0v) is 21.3. The minimum absolute atomic E-state index is 0.119. The number of ketones is 1. The molecular weight excluding hydrogens is 490 g/mol. The van der Waals surface area contributed by atoms with Gasteiger partial charge in [-0.2, -0.15) is 0 Å². The molecule has 0 N–H and O–H groups in total. The third kappa shape index (κ3) is 3.78. The number of nitro groups is 1. The summed E-state index contributed by atoms with van der Waals surface area (Å²) in [5.74, 6) is -0.399. The summed E-state index contributed by atoms with van der Waals surface area (Å²) < 4.78 is 23.0. The Bertz CT molecular complexity index is 1290. The third-order valence-electron chi connectivity index (χ3n) is 7.00. The molecule has 190 valence electrons. The maximum absolute atomic E-state index is 14.0. The maximum atomic E-state index is 14.0. The largest absolute Gasteiger partial charge is 0.496 e. The van der Waals surface area contributed by atoms with Gasteiger partial charge in [-0.05, 0) is 43.0 Å². The zero-order chi connectivity index (χ0) is 26.4. The van der Waals surface area contributed by atoms with Crippen LogP contribution < -0.4 is 14.2 Å². The maximum Gasteiger partial charge on any atom is 0.338 e. The Morgan fingerprint density at radius 3 is 2.42 bits per heavy atom. The van der Waals surface area contributed by atoms with E-state index in [9.17, 15) is 19.7 Å². The number of carbonyl (C=O) groups is 2. The molecule has 3 atom stereocenters. The number of hydrogen-bond donors (Lipinski definition) is 0. The summed E-state index contributed by atoms with van der Waals surface area (Å²) in [6.07, 6.45) is 0.193. The van der Waals surface area contributed by atoms with Gasteiger partial charge in [-0.25, -0.2) is 4.79 Å². The molecule has 0 bridgehead atoms. The van der Waals surface area contributed by atoms with Crippen LogP contribution >= 0.6 is 11.6 Å². The molecule has 2 aromatic rings.